The van der Waals surface area contributed by atoms with Crippen LogP contribution >= 0.6 is 0 Å². The zero-order valence-electron chi connectivity index (χ0n) is 11.3. The van der Waals surface area contributed by atoms with E-state index in [0.717, 1.165) is 19.0 Å². The van der Waals surface area contributed by atoms with E-state index in [1.165, 1.54) is 38.5 Å². The lowest BCUT2D eigenvalue weighted by molar-refractivity contribution is 0.0515. The minimum Gasteiger partial charge on any atom is -0.392 e. The maximum Gasteiger partial charge on any atom is 0.0695 e. The SMILES string of the molecule is CCC(C)CN(C)CC(O)C1CCCCC1. The standard InChI is InChI=1S/C14H29NO/c1-4-12(2)10-15(3)11-14(16)13-8-6-5-7-9-13/h12-14,16H,4-11H2,1-3H3. The molecule has 96 valence electrons. The number of aliphatic hydroxyl groups excluding tert-OH is 1. The summed E-state index contributed by atoms with van der Waals surface area (Å²) in [7, 11) is 2.14. The van der Waals surface area contributed by atoms with Gasteiger partial charge in [-0.3, -0.25) is 0 Å². The lowest BCUT2D eigenvalue weighted by Gasteiger charge is -2.30. The fourth-order valence-electron chi connectivity index (χ4n) is 2.72. The van der Waals surface area contributed by atoms with Crippen molar-refractivity contribution < 1.29 is 5.11 Å². The first-order chi connectivity index (χ1) is 7.63. The van der Waals surface area contributed by atoms with Gasteiger partial charge in [0.15, 0.2) is 0 Å². The summed E-state index contributed by atoms with van der Waals surface area (Å²) >= 11 is 0. The van der Waals surface area contributed by atoms with Gasteiger partial charge in [0.1, 0.15) is 0 Å². The fourth-order valence-corrected chi connectivity index (χ4v) is 2.72. The Hall–Kier alpha value is -0.0800. The molecule has 0 bridgehead atoms. The van der Waals surface area contributed by atoms with Gasteiger partial charge in [0, 0.05) is 13.1 Å². The molecule has 2 nitrogen and oxygen atoms in total. The Morgan fingerprint density at radius 2 is 1.81 bits per heavy atom. The molecule has 0 heterocycles. The van der Waals surface area contributed by atoms with Crippen LogP contribution in [0.3, 0.4) is 0 Å². The summed E-state index contributed by atoms with van der Waals surface area (Å²) in [5.41, 5.74) is 0. The number of nitrogens with zero attached hydrogens (tertiary/aromatic N) is 1. The van der Waals surface area contributed by atoms with Gasteiger partial charge >= 0.3 is 0 Å². The molecule has 1 fully saturated rings. The Balaban J connectivity index is 2.23. The quantitative estimate of drug-likeness (QED) is 0.754. The van der Waals surface area contributed by atoms with Crippen molar-refractivity contribution in [3.05, 3.63) is 0 Å². The second kappa shape index (κ2) is 7.29. The molecule has 16 heavy (non-hydrogen) atoms. The summed E-state index contributed by atoms with van der Waals surface area (Å²) in [6.45, 7) is 6.48. The van der Waals surface area contributed by atoms with Crippen LogP contribution in [-0.2, 0) is 0 Å². The second-order valence-corrected chi connectivity index (χ2v) is 5.70. The van der Waals surface area contributed by atoms with Crippen LogP contribution < -0.4 is 0 Å². The van der Waals surface area contributed by atoms with Crippen molar-refractivity contribution in [3.8, 4) is 0 Å². The third-order valence-electron chi connectivity index (χ3n) is 4.01. The van der Waals surface area contributed by atoms with E-state index in [1.807, 2.05) is 0 Å². The molecule has 0 spiro atoms. The summed E-state index contributed by atoms with van der Waals surface area (Å²) in [5, 5.41) is 10.2. The van der Waals surface area contributed by atoms with Crippen molar-refractivity contribution >= 4 is 0 Å². The third kappa shape index (κ3) is 4.84. The lowest BCUT2D eigenvalue weighted by atomic mass is 9.85. The molecule has 1 N–H and O–H groups in total. The summed E-state index contributed by atoms with van der Waals surface area (Å²) in [6.07, 6.45) is 7.59. The van der Waals surface area contributed by atoms with Crippen LogP contribution in [0.25, 0.3) is 0 Å². The predicted octanol–water partition coefficient (Wildman–Crippen LogP) is 2.91. The topological polar surface area (TPSA) is 23.5 Å². The maximum atomic E-state index is 10.2. The first-order valence-corrected chi connectivity index (χ1v) is 7.00. The Bertz CT molecular complexity index is 178. The number of hydrogen-bond donors (Lipinski definition) is 1. The smallest absolute Gasteiger partial charge is 0.0695 e. The molecule has 1 aliphatic rings. The van der Waals surface area contributed by atoms with E-state index in [2.05, 4.69) is 25.8 Å². The number of aliphatic hydroxyl groups is 1. The van der Waals surface area contributed by atoms with E-state index in [0.29, 0.717) is 5.92 Å². The maximum absolute atomic E-state index is 10.2. The number of hydrogen-bond acceptors (Lipinski definition) is 2. The Kier molecular flexibility index (Phi) is 6.37. The summed E-state index contributed by atoms with van der Waals surface area (Å²) < 4.78 is 0. The third-order valence-corrected chi connectivity index (χ3v) is 4.01. The molecule has 0 radical (unpaired) electrons. The first kappa shape index (κ1) is 14.0. The molecule has 0 aliphatic heterocycles. The highest BCUT2D eigenvalue weighted by Gasteiger charge is 2.22. The largest absolute Gasteiger partial charge is 0.392 e. The van der Waals surface area contributed by atoms with Crippen LogP contribution in [-0.4, -0.2) is 36.2 Å². The van der Waals surface area contributed by atoms with Crippen molar-refractivity contribution in [2.24, 2.45) is 11.8 Å². The van der Waals surface area contributed by atoms with Crippen LogP contribution in [0.15, 0.2) is 0 Å². The highest BCUT2D eigenvalue weighted by molar-refractivity contribution is 4.75. The molecule has 0 aromatic heterocycles. The predicted molar refractivity (Wildman–Crippen MR) is 69.5 cm³/mol. The van der Waals surface area contributed by atoms with Crippen molar-refractivity contribution in [3.63, 3.8) is 0 Å². The van der Waals surface area contributed by atoms with Crippen LogP contribution in [0.4, 0.5) is 0 Å². The summed E-state index contributed by atoms with van der Waals surface area (Å²) in [4.78, 5) is 2.30. The van der Waals surface area contributed by atoms with E-state index in [9.17, 15) is 5.11 Å². The Morgan fingerprint density at radius 3 is 2.38 bits per heavy atom. The van der Waals surface area contributed by atoms with Crippen molar-refractivity contribution in [2.75, 3.05) is 20.1 Å². The second-order valence-electron chi connectivity index (χ2n) is 5.70. The van der Waals surface area contributed by atoms with Crippen molar-refractivity contribution in [2.45, 2.75) is 58.5 Å². The average Bonchev–Trinajstić information content (AvgIpc) is 2.29. The van der Waals surface area contributed by atoms with E-state index < -0.39 is 0 Å². The highest BCUT2D eigenvalue weighted by atomic mass is 16.3. The van der Waals surface area contributed by atoms with Crippen LogP contribution in [0.1, 0.15) is 52.4 Å². The van der Waals surface area contributed by atoms with Gasteiger partial charge in [-0.1, -0.05) is 39.5 Å². The molecule has 0 amide bonds. The van der Waals surface area contributed by atoms with E-state index in [4.69, 9.17) is 0 Å². The van der Waals surface area contributed by atoms with Crippen LogP contribution in [0.2, 0.25) is 0 Å². The molecular formula is C14H29NO. The number of rotatable bonds is 6. The van der Waals surface area contributed by atoms with Gasteiger partial charge in [0.25, 0.3) is 0 Å². The zero-order chi connectivity index (χ0) is 12.0. The monoisotopic (exact) mass is 227 g/mol. The molecule has 1 rings (SSSR count). The van der Waals surface area contributed by atoms with E-state index >= 15 is 0 Å². The van der Waals surface area contributed by atoms with Gasteiger partial charge in [0.2, 0.25) is 0 Å². The molecular weight excluding hydrogens is 198 g/mol. The Labute approximate surface area is 101 Å². The molecule has 2 atom stereocenters. The average molecular weight is 227 g/mol. The minimum absolute atomic E-state index is 0.102. The lowest BCUT2D eigenvalue weighted by Crippen LogP contribution is -2.37. The molecule has 0 aromatic rings. The molecule has 0 aromatic carbocycles. The van der Waals surface area contributed by atoms with E-state index in [1.54, 1.807) is 0 Å². The van der Waals surface area contributed by atoms with Crippen molar-refractivity contribution in [1.82, 2.24) is 4.90 Å². The Morgan fingerprint density at radius 1 is 1.19 bits per heavy atom. The molecule has 2 heteroatoms. The fraction of sp³-hybridized carbons (Fsp3) is 1.00. The van der Waals surface area contributed by atoms with Crippen LogP contribution in [0, 0.1) is 11.8 Å². The first-order valence-electron chi connectivity index (χ1n) is 7.00. The van der Waals surface area contributed by atoms with Gasteiger partial charge in [-0.05, 0) is 31.7 Å². The van der Waals surface area contributed by atoms with Crippen molar-refractivity contribution in [1.29, 1.82) is 0 Å². The van der Waals surface area contributed by atoms with E-state index in [-0.39, 0.29) is 6.10 Å². The number of likely N-dealkylation sites (N-methyl/N-ethyl adjacent to an activating group) is 1. The normalized spacial score (nSPS) is 22.3. The van der Waals surface area contributed by atoms with Gasteiger partial charge in [-0.25, -0.2) is 0 Å². The molecule has 2 unspecified atom stereocenters. The molecule has 1 saturated carbocycles. The molecule has 1 aliphatic carbocycles. The zero-order valence-corrected chi connectivity index (χ0v) is 11.3. The minimum atomic E-state index is -0.102. The summed E-state index contributed by atoms with van der Waals surface area (Å²) in [5.74, 6) is 1.30. The van der Waals surface area contributed by atoms with Gasteiger partial charge < -0.3 is 10.0 Å². The van der Waals surface area contributed by atoms with Gasteiger partial charge in [0.05, 0.1) is 6.10 Å². The van der Waals surface area contributed by atoms with Gasteiger partial charge in [-0.15, -0.1) is 0 Å². The molecule has 0 saturated heterocycles. The highest BCUT2D eigenvalue weighted by Crippen LogP contribution is 2.26. The van der Waals surface area contributed by atoms with Crippen LogP contribution in [0.5, 0.6) is 0 Å². The van der Waals surface area contributed by atoms with Gasteiger partial charge in [-0.2, -0.15) is 0 Å². The summed E-state index contributed by atoms with van der Waals surface area (Å²) in [6, 6.07) is 0.